The Hall–Kier alpha value is -4.59. The average molecular weight is 465 g/mol. The first-order chi connectivity index (χ1) is 17.2. The fourth-order valence-electron chi connectivity index (χ4n) is 3.89. The van der Waals surface area contributed by atoms with Crippen LogP contribution >= 0.6 is 0 Å². The molecule has 2 aromatic heterocycles. The summed E-state index contributed by atoms with van der Waals surface area (Å²) in [5.41, 5.74) is 3.99. The number of carbonyl (C=O) groups excluding carboxylic acids is 1. The number of aromatic nitrogens is 5. The van der Waals surface area contributed by atoms with Crippen molar-refractivity contribution in [3.05, 3.63) is 102 Å². The molecule has 0 saturated carbocycles. The molecule has 2 heterocycles. The van der Waals surface area contributed by atoms with E-state index in [9.17, 15) is 4.79 Å². The van der Waals surface area contributed by atoms with Gasteiger partial charge in [-0.1, -0.05) is 96.2 Å². The van der Waals surface area contributed by atoms with Crippen LogP contribution in [0.5, 0.6) is 0 Å². The average Bonchev–Trinajstić information content (AvgIpc) is 3.32. The van der Waals surface area contributed by atoms with Gasteiger partial charge in [0.25, 0.3) is 0 Å². The van der Waals surface area contributed by atoms with E-state index >= 15 is 0 Å². The number of fused-ring (bicyclic) bond motifs is 1. The molecule has 0 spiro atoms. The summed E-state index contributed by atoms with van der Waals surface area (Å²) in [6, 6.07) is 28.8. The Morgan fingerprint density at radius 2 is 1.51 bits per heavy atom. The molecular weight excluding hydrogens is 440 g/mol. The minimum Gasteiger partial charge on any atom is -0.467 e. The van der Waals surface area contributed by atoms with Crippen molar-refractivity contribution in [3.8, 4) is 11.4 Å². The van der Waals surface area contributed by atoms with Gasteiger partial charge in [-0.15, -0.1) is 5.10 Å². The Balaban J connectivity index is 1.58. The molecule has 0 radical (unpaired) electrons. The Kier molecular flexibility index (Phi) is 6.43. The lowest BCUT2D eigenvalue weighted by atomic mass is 10.1. The molecule has 0 aliphatic carbocycles. The van der Waals surface area contributed by atoms with E-state index in [1.807, 2.05) is 91.0 Å². The van der Waals surface area contributed by atoms with Gasteiger partial charge in [0.1, 0.15) is 6.04 Å². The molecule has 0 bridgehead atoms. The van der Waals surface area contributed by atoms with Gasteiger partial charge in [0, 0.05) is 12.0 Å². The fourth-order valence-corrected chi connectivity index (χ4v) is 3.89. The highest BCUT2D eigenvalue weighted by molar-refractivity contribution is 5.88. The molecule has 1 N–H and O–H groups in total. The highest BCUT2D eigenvalue weighted by Gasteiger charge is 2.24. The second-order valence-corrected chi connectivity index (χ2v) is 8.08. The van der Waals surface area contributed by atoms with Crippen molar-refractivity contribution in [1.29, 1.82) is 0 Å². The summed E-state index contributed by atoms with van der Waals surface area (Å²) in [4.78, 5) is 22.2. The van der Waals surface area contributed by atoms with Crippen LogP contribution in [0.1, 0.15) is 11.1 Å². The number of nitrogens with zero attached hydrogens (tertiary/aromatic N) is 5. The maximum atomic E-state index is 12.7. The maximum Gasteiger partial charge on any atom is 0.328 e. The van der Waals surface area contributed by atoms with Gasteiger partial charge in [-0.25, -0.2) is 19.4 Å². The van der Waals surface area contributed by atoms with Crippen LogP contribution in [0.15, 0.2) is 91.0 Å². The molecule has 5 rings (SSSR count). The number of anilines is 1. The van der Waals surface area contributed by atoms with Crippen LogP contribution in [0.2, 0.25) is 0 Å². The van der Waals surface area contributed by atoms with Crippen molar-refractivity contribution in [2.75, 3.05) is 12.4 Å². The molecule has 1 unspecified atom stereocenters. The van der Waals surface area contributed by atoms with Crippen molar-refractivity contribution < 1.29 is 9.53 Å². The van der Waals surface area contributed by atoms with Gasteiger partial charge >= 0.3 is 5.97 Å². The zero-order chi connectivity index (χ0) is 24.0. The molecule has 0 saturated heterocycles. The molecule has 174 valence electrons. The summed E-state index contributed by atoms with van der Waals surface area (Å²) in [5.74, 6) is 0.554. The third-order valence-electron chi connectivity index (χ3n) is 5.65. The number of rotatable bonds is 8. The van der Waals surface area contributed by atoms with Gasteiger partial charge in [-0.05, 0) is 11.1 Å². The predicted octanol–water partition coefficient (Wildman–Crippen LogP) is 4.13. The third kappa shape index (κ3) is 5.01. The first-order valence-corrected chi connectivity index (χ1v) is 11.3. The van der Waals surface area contributed by atoms with Crippen molar-refractivity contribution in [2.24, 2.45) is 0 Å². The Morgan fingerprint density at radius 3 is 2.17 bits per heavy atom. The van der Waals surface area contributed by atoms with Gasteiger partial charge in [-0.2, -0.15) is 0 Å². The third-order valence-corrected chi connectivity index (χ3v) is 5.65. The van der Waals surface area contributed by atoms with E-state index in [-0.39, 0.29) is 0 Å². The number of ether oxygens (including phenoxy) is 1. The zero-order valence-electron chi connectivity index (χ0n) is 19.2. The number of hydrogen-bond donors (Lipinski definition) is 1. The van der Waals surface area contributed by atoms with E-state index in [4.69, 9.17) is 14.7 Å². The highest BCUT2D eigenvalue weighted by Crippen LogP contribution is 2.25. The summed E-state index contributed by atoms with van der Waals surface area (Å²) in [7, 11) is 1.38. The molecule has 3 aromatic carbocycles. The summed E-state index contributed by atoms with van der Waals surface area (Å²) >= 11 is 0. The number of carbonyl (C=O) groups is 1. The smallest absolute Gasteiger partial charge is 0.328 e. The summed E-state index contributed by atoms with van der Waals surface area (Å²) in [5, 5.41) is 12.0. The van der Waals surface area contributed by atoms with E-state index in [1.54, 1.807) is 4.68 Å². The minimum absolute atomic E-state index is 0.390. The standard InChI is InChI=1S/C27H24N6O2/c1-35-27(34)22(17-19-11-5-2-6-12-19)28-25-23-26(30-24(29-25)21-15-9-4-10-16-21)33(32-31-23)18-20-13-7-3-8-14-20/h2-16,22H,17-18H2,1H3,(H,28,29,30). The number of benzene rings is 3. The molecule has 8 nitrogen and oxygen atoms in total. The molecule has 35 heavy (non-hydrogen) atoms. The maximum absolute atomic E-state index is 12.7. The Morgan fingerprint density at radius 1 is 0.886 bits per heavy atom. The van der Waals surface area contributed by atoms with E-state index < -0.39 is 12.0 Å². The zero-order valence-corrected chi connectivity index (χ0v) is 19.2. The van der Waals surface area contributed by atoms with Crippen LogP contribution in [-0.4, -0.2) is 44.1 Å². The SMILES string of the molecule is COC(=O)C(Cc1ccccc1)Nc1nc(-c2ccccc2)nc2c1nnn2Cc1ccccc1. The molecule has 0 amide bonds. The first kappa shape index (κ1) is 22.2. The lowest BCUT2D eigenvalue weighted by molar-refractivity contribution is -0.141. The fraction of sp³-hybridized carbons (Fsp3) is 0.148. The molecule has 0 aliphatic heterocycles. The predicted molar refractivity (Wildman–Crippen MR) is 134 cm³/mol. The Labute approximate surface area is 202 Å². The van der Waals surface area contributed by atoms with Gasteiger partial charge in [0.15, 0.2) is 22.8 Å². The van der Waals surface area contributed by atoms with E-state index in [0.717, 1.165) is 16.7 Å². The summed E-state index contributed by atoms with van der Waals surface area (Å²) in [6.45, 7) is 0.506. The molecule has 5 aromatic rings. The molecule has 1 atom stereocenters. The van der Waals surface area contributed by atoms with Gasteiger partial charge in [-0.3, -0.25) is 0 Å². The van der Waals surface area contributed by atoms with Crippen LogP contribution in [0.25, 0.3) is 22.6 Å². The van der Waals surface area contributed by atoms with Crippen molar-refractivity contribution >= 4 is 23.0 Å². The van der Waals surface area contributed by atoms with E-state index in [1.165, 1.54) is 7.11 Å². The van der Waals surface area contributed by atoms with Crippen LogP contribution in [0.4, 0.5) is 5.82 Å². The number of methoxy groups -OCH3 is 1. The summed E-state index contributed by atoms with van der Waals surface area (Å²) < 4.78 is 6.83. The molecule has 8 heteroatoms. The normalized spacial score (nSPS) is 11.8. The Bertz CT molecular complexity index is 1420. The quantitative estimate of drug-likeness (QED) is 0.345. The second-order valence-electron chi connectivity index (χ2n) is 8.08. The van der Waals surface area contributed by atoms with E-state index in [2.05, 4.69) is 15.6 Å². The van der Waals surface area contributed by atoms with Crippen LogP contribution < -0.4 is 5.32 Å². The number of nitrogens with one attached hydrogen (secondary N) is 1. The van der Waals surface area contributed by atoms with Crippen LogP contribution in [-0.2, 0) is 22.5 Å². The van der Waals surface area contributed by atoms with Gasteiger partial charge < -0.3 is 10.1 Å². The van der Waals surface area contributed by atoms with Gasteiger partial charge in [0.05, 0.1) is 13.7 Å². The summed E-state index contributed by atoms with van der Waals surface area (Å²) in [6.07, 6.45) is 0.428. The largest absolute Gasteiger partial charge is 0.467 e. The minimum atomic E-state index is -0.664. The van der Waals surface area contributed by atoms with Crippen LogP contribution in [0, 0.1) is 0 Å². The second kappa shape index (κ2) is 10.1. The van der Waals surface area contributed by atoms with Crippen molar-refractivity contribution in [1.82, 2.24) is 25.0 Å². The lowest BCUT2D eigenvalue weighted by Gasteiger charge is -2.18. The highest BCUT2D eigenvalue weighted by atomic mass is 16.5. The monoisotopic (exact) mass is 464 g/mol. The number of hydrogen-bond acceptors (Lipinski definition) is 7. The topological polar surface area (TPSA) is 94.8 Å². The van der Waals surface area contributed by atoms with Crippen molar-refractivity contribution in [3.63, 3.8) is 0 Å². The van der Waals surface area contributed by atoms with E-state index in [0.29, 0.717) is 35.8 Å². The van der Waals surface area contributed by atoms with Crippen molar-refractivity contribution in [2.45, 2.75) is 19.0 Å². The number of esters is 1. The first-order valence-electron chi connectivity index (χ1n) is 11.3. The lowest BCUT2D eigenvalue weighted by Crippen LogP contribution is -2.33. The van der Waals surface area contributed by atoms with Gasteiger partial charge in [0.2, 0.25) is 0 Å². The molecule has 0 aliphatic rings. The molecular formula is C27H24N6O2. The van der Waals surface area contributed by atoms with Crippen LogP contribution in [0.3, 0.4) is 0 Å². The molecule has 0 fully saturated rings.